The lowest BCUT2D eigenvalue weighted by atomic mass is 10.1. The van der Waals surface area contributed by atoms with Gasteiger partial charge < -0.3 is 21.8 Å². The molecule has 8 nitrogen and oxygen atoms in total. The first-order chi connectivity index (χ1) is 13.7. The summed E-state index contributed by atoms with van der Waals surface area (Å²) in [5.74, 6) is 1.13. The van der Waals surface area contributed by atoms with E-state index in [9.17, 15) is 0 Å². The van der Waals surface area contributed by atoms with E-state index in [1.165, 1.54) is 5.39 Å². The van der Waals surface area contributed by atoms with Crippen LogP contribution in [-0.2, 0) is 6.54 Å². The Morgan fingerprint density at radius 2 is 1.93 bits per heavy atom. The molecule has 0 spiro atoms. The second kappa shape index (κ2) is 6.27. The summed E-state index contributed by atoms with van der Waals surface area (Å²) in [5, 5.41) is 9.67. The van der Waals surface area contributed by atoms with Crippen LogP contribution in [-0.4, -0.2) is 24.7 Å². The maximum Gasteiger partial charge on any atom is 0.253 e. The van der Waals surface area contributed by atoms with Crippen LogP contribution in [0.1, 0.15) is 5.56 Å². The number of hydrogen-bond acceptors (Lipinski definition) is 6. The molecule has 3 heterocycles. The summed E-state index contributed by atoms with van der Waals surface area (Å²) in [4.78, 5) is 12.1. The third-order valence-electron chi connectivity index (χ3n) is 4.72. The van der Waals surface area contributed by atoms with Gasteiger partial charge in [0.1, 0.15) is 11.3 Å². The van der Waals surface area contributed by atoms with Crippen molar-refractivity contribution in [3.05, 3.63) is 66.6 Å². The number of hydrogen-bond donors (Lipinski definition) is 4. The molecule has 6 N–H and O–H groups in total. The van der Waals surface area contributed by atoms with E-state index >= 15 is 0 Å². The van der Waals surface area contributed by atoms with Gasteiger partial charge in [-0.2, -0.15) is 14.8 Å². The molecule has 0 atom stereocenters. The summed E-state index contributed by atoms with van der Waals surface area (Å²) in [5.41, 5.74) is 16.3. The van der Waals surface area contributed by atoms with Gasteiger partial charge in [0, 0.05) is 35.5 Å². The minimum Gasteiger partial charge on any atom is -0.398 e. The number of H-pyrrole nitrogens is 1. The first-order valence-corrected chi connectivity index (χ1v) is 8.84. The van der Waals surface area contributed by atoms with Gasteiger partial charge in [-0.3, -0.25) is 0 Å². The standard InChI is InChI=1S/C20H18N8/c21-15-2-3-16(22)19-14(15)11-26-28(19)20-24-8-6-18(27-20)25-10-12-1-4-17-13(9-12)5-7-23-17/h1-9,11,23H,10,21-22H2,(H,24,25,27). The summed E-state index contributed by atoms with van der Waals surface area (Å²) >= 11 is 0. The lowest BCUT2D eigenvalue weighted by molar-refractivity contribution is 0.833. The van der Waals surface area contributed by atoms with Crippen molar-refractivity contribution < 1.29 is 0 Å². The van der Waals surface area contributed by atoms with E-state index in [2.05, 4.69) is 49.6 Å². The van der Waals surface area contributed by atoms with Crippen molar-refractivity contribution in [3.63, 3.8) is 0 Å². The lowest BCUT2D eigenvalue weighted by Crippen LogP contribution is -2.07. The van der Waals surface area contributed by atoms with Crippen molar-refractivity contribution in [2.75, 3.05) is 16.8 Å². The van der Waals surface area contributed by atoms with Crippen molar-refractivity contribution in [2.24, 2.45) is 0 Å². The van der Waals surface area contributed by atoms with Gasteiger partial charge >= 0.3 is 0 Å². The fourth-order valence-corrected chi connectivity index (χ4v) is 3.29. The van der Waals surface area contributed by atoms with Crippen molar-refractivity contribution in [1.29, 1.82) is 0 Å². The number of aromatic amines is 1. The molecular weight excluding hydrogens is 352 g/mol. The molecule has 2 aromatic carbocycles. The predicted octanol–water partition coefficient (Wildman–Crippen LogP) is 3.07. The van der Waals surface area contributed by atoms with Gasteiger partial charge in [-0.25, -0.2) is 4.98 Å². The number of anilines is 3. The summed E-state index contributed by atoms with van der Waals surface area (Å²) in [6.07, 6.45) is 5.30. The van der Waals surface area contributed by atoms with E-state index in [-0.39, 0.29) is 0 Å². The van der Waals surface area contributed by atoms with Gasteiger partial charge in [-0.05, 0) is 47.3 Å². The highest BCUT2D eigenvalue weighted by Gasteiger charge is 2.13. The number of benzene rings is 2. The fraction of sp³-hybridized carbons (Fsp3) is 0.0500. The average molecular weight is 370 g/mol. The van der Waals surface area contributed by atoms with Crippen molar-refractivity contribution >= 4 is 39.0 Å². The molecule has 0 aliphatic heterocycles. The van der Waals surface area contributed by atoms with Crippen LogP contribution < -0.4 is 16.8 Å². The number of aromatic nitrogens is 5. The summed E-state index contributed by atoms with van der Waals surface area (Å²) in [7, 11) is 0. The van der Waals surface area contributed by atoms with Gasteiger partial charge in [0.05, 0.1) is 11.9 Å². The highest BCUT2D eigenvalue weighted by Crippen LogP contribution is 2.27. The quantitative estimate of drug-likeness (QED) is 0.361. The van der Waals surface area contributed by atoms with Crippen LogP contribution in [0.3, 0.4) is 0 Å². The number of nitrogens with two attached hydrogens (primary N) is 2. The largest absolute Gasteiger partial charge is 0.398 e. The van der Waals surface area contributed by atoms with Crippen LogP contribution in [0.15, 0.2) is 61.1 Å². The molecule has 0 saturated carbocycles. The predicted molar refractivity (Wildman–Crippen MR) is 111 cm³/mol. The van der Waals surface area contributed by atoms with Gasteiger partial charge in [-0.1, -0.05) is 6.07 Å². The van der Waals surface area contributed by atoms with Crippen LogP contribution in [0.2, 0.25) is 0 Å². The van der Waals surface area contributed by atoms with Crippen LogP contribution in [0.4, 0.5) is 17.2 Å². The number of fused-ring (bicyclic) bond motifs is 2. The van der Waals surface area contributed by atoms with Crippen molar-refractivity contribution in [3.8, 4) is 5.95 Å². The highest BCUT2D eigenvalue weighted by molar-refractivity contribution is 5.98. The Bertz CT molecular complexity index is 1300. The number of rotatable bonds is 4. The van der Waals surface area contributed by atoms with Gasteiger partial charge in [0.2, 0.25) is 0 Å². The molecular formula is C20H18N8. The van der Waals surface area contributed by atoms with E-state index in [0.717, 1.165) is 16.5 Å². The second-order valence-electron chi connectivity index (χ2n) is 6.56. The van der Waals surface area contributed by atoms with Gasteiger partial charge in [-0.15, -0.1) is 0 Å². The smallest absolute Gasteiger partial charge is 0.253 e. The minimum absolute atomic E-state index is 0.429. The molecule has 28 heavy (non-hydrogen) atoms. The molecule has 8 heteroatoms. The normalized spacial score (nSPS) is 11.3. The molecule has 5 rings (SSSR count). The molecule has 3 aromatic heterocycles. The molecule has 0 aliphatic carbocycles. The molecule has 0 radical (unpaired) electrons. The van der Waals surface area contributed by atoms with Crippen LogP contribution in [0.25, 0.3) is 27.8 Å². The lowest BCUT2D eigenvalue weighted by Gasteiger charge is -2.09. The van der Waals surface area contributed by atoms with E-state index in [1.54, 1.807) is 29.2 Å². The Labute approximate surface area is 160 Å². The Balaban J connectivity index is 1.44. The zero-order valence-corrected chi connectivity index (χ0v) is 14.9. The number of nitrogen functional groups attached to an aromatic ring is 2. The van der Waals surface area contributed by atoms with Crippen LogP contribution >= 0.6 is 0 Å². The first kappa shape index (κ1) is 16.1. The number of nitrogens with one attached hydrogen (secondary N) is 2. The summed E-state index contributed by atoms with van der Waals surface area (Å²) in [6.45, 7) is 0.645. The molecule has 138 valence electrons. The van der Waals surface area contributed by atoms with E-state index in [0.29, 0.717) is 35.2 Å². The topological polar surface area (TPSA) is 123 Å². The molecule has 0 bridgehead atoms. The zero-order valence-electron chi connectivity index (χ0n) is 14.9. The van der Waals surface area contributed by atoms with Crippen LogP contribution in [0, 0.1) is 0 Å². The second-order valence-corrected chi connectivity index (χ2v) is 6.56. The summed E-state index contributed by atoms with van der Waals surface area (Å²) < 4.78 is 1.61. The highest BCUT2D eigenvalue weighted by atomic mass is 15.4. The Morgan fingerprint density at radius 1 is 1.04 bits per heavy atom. The molecule has 0 fully saturated rings. The third kappa shape index (κ3) is 2.67. The van der Waals surface area contributed by atoms with E-state index in [1.807, 2.05) is 12.3 Å². The van der Waals surface area contributed by atoms with Gasteiger partial charge in [0.15, 0.2) is 0 Å². The number of nitrogens with zero attached hydrogens (tertiary/aromatic N) is 4. The molecule has 0 saturated heterocycles. The molecule has 0 amide bonds. The van der Waals surface area contributed by atoms with Crippen molar-refractivity contribution in [1.82, 2.24) is 24.7 Å². The summed E-state index contributed by atoms with van der Waals surface area (Å²) in [6, 6.07) is 13.7. The minimum atomic E-state index is 0.429. The van der Waals surface area contributed by atoms with Crippen LogP contribution in [0.5, 0.6) is 0 Å². The SMILES string of the molecule is Nc1ccc(N)c2c1cnn2-c1nccc(NCc2ccc3[nH]ccc3c2)n1. The van der Waals surface area contributed by atoms with Crippen molar-refractivity contribution in [2.45, 2.75) is 6.54 Å². The average Bonchev–Trinajstić information content (AvgIpc) is 3.36. The first-order valence-electron chi connectivity index (χ1n) is 8.84. The Hall–Kier alpha value is -4.07. The molecule has 0 unspecified atom stereocenters. The molecule has 0 aliphatic rings. The molecule has 5 aromatic rings. The maximum atomic E-state index is 6.13. The van der Waals surface area contributed by atoms with Gasteiger partial charge in [0.25, 0.3) is 5.95 Å². The third-order valence-corrected chi connectivity index (χ3v) is 4.72. The zero-order chi connectivity index (χ0) is 19.1. The maximum absolute atomic E-state index is 6.13. The monoisotopic (exact) mass is 370 g/mol. The fourth-order valence-electron chi connectivity index (χ4n) is 3.29. The Kier molecular flexibility index (Phi) is 3.61. The van der Waals surface area contributed by atoms with E-state index < -0.39 is 0 Å². The Morgan fingerprint density at radius 3 is 2.86 bits per heavy atom. The van der Waals surface area contributed by atoms with E-state index in [4.69, 9.17) is 11.5 Å².